The van der Waals surface area contributed by atoms with E-state index in [0.717, 1.165) is 33.2 Å². The molecule has 1 saturated heterocycles. The Hall–Kier alpha value is -3.34. The number of aromatic amines is 1. The number of carbonyl (C=O) groups is 2. The smallest absolute Gasteiger partial charge is 0.254 e. The van der Waals surface area contributed by atoms with E-state index in [2.05, 4.69) is 29.8 Å². The minimum Gasteiger partial charge on any atom is -0.361 e. The molecule has 5 nitrogen and oxygen atoms in total. The van der Waals surface area contributed by atoms with Gasteiger partial charge in [-0.3, -0.25) is 9.59 Å². The molecule has 0 saturated carbocycles. The fourth-order valence-corrected chi connectivity index (χ4v) is 4.06. The quantitative estimate of drug-likeness (QED) is 0.732. The Bertz CT molecular complexity index is 1090. The largest absolute Gasteiger partial charge is 0.361 e. The van der Waals surface area contributed by atoms with E-state index >= 15 is 0 Å². The predicted octanol–water partition coefficient (Wildman–Crippen LogP) is 3.19. The van der Waals surface area contributed by atoms with Gasteiger partial charge in [-0.1, -0.05) is 36.9 Å². The van der Waals surface area contributed by atoms with Gasteiger partial charge in [0.15, 0.2) is 0 Å². The second-order valence-electron chi connectivity index (χ2n) is 7.15. The topological polar surface area (TPSA) is 56.4 Å². The van der Waals surface area contributed by atoms with E-state index in [1.165, 1.54) is 6.08 Å². The van der Waals surface area contributed by atoms with Crippen molar-refractivity contribution in [2.75, 3.05) is 13.1 Å². The van der Waals surface area contributed by atoms with Gasteiger partial charge in [-0.25, -0.2) is 0 Å². The van der Waals surface area contributed by atoms with Crippen LogP contribution in [0.25, 0.3) is 22.0 Å². The van der Waals surface area contributed by atoms with Crippen LogP contribution in [-0.4, -0.2) is 45.7 Å². The Morgan fingerprint density at radius 3 is 2.78 bits per heavy atom. The van der Waals surface area contributed by atoms with Crippen molar-refractivity contribution in [2.45, 2.75) is 12.6 Å². The van der Waals surface area contributed by atoms with E-state index in [-0.39, 0.29) is 17.9 Å². The van der Waals surface area contributed by atoms with Gasteiger partial charge in [0, 0.05) is 47.9 Å². The average molecular weight is 357 g/mol. The van der Waals surface area contributed by atoms with E-state index < -0.39 is 0 Å². The molecule has 0 spiro atoms. The number of amides is 2. The number of nitrogens with zero attached hydrogens (tertiary/aromatic N) is 2. The van der Waals surface area contributed by atoms with E-state index in [9.17, 15) is 9.59 Å². The van der Waals surface area contributed by atoms with Crippen LogP contribution >= 0.6 is 0 Å². The van der Waals surface area contributed by atoms with Crippen LogP contribution in [0.1, 0.15) is 15.9 Å². The van der Waals surface area contributed by atoms with Gasteiger partial charge in [0.1, 0.15) is 0 Å². The van der Waals surface area contributed by atoms with Crippen molar-refractivity contribution < 1.29 is 9.59 Å². The zero-order chi connectivity index (χ0) is 18.5. The molecule has 1 N–H and O–H groups in total. The summed E-state index contributed by atoms with van der Waals surface area (Å²) in [4.78, 5) is 31.5. The minimum absolute atomic E-state index is 0.0578. The van der Waals surface area contributed by atoms with Crippen LogP contribution in [0.2, 0.25) is 0 Å². The predicted molar refractivity (Wildman–Crippen MR) is 104 cm³/mol. The highest BCUT2D eigenvalue weighted by molar-refractivity contribution is 6.02. The van der Waals surface area contributed by atoms with Gasteiger partial charge in [-0.05, 0) is 29.3 Å². The lowest BCUT2D eigenvalue weighted by atomic mass is 10.00. The van der Waals surface area contributed by atoms with Crippen molar-refractivity contribution in [2.24, 2.45) is 0 Å². The summed E-state index contributed by atoms with van der Waals surface area (Å²) in [5, 5.41) is 1.15. The maximum atomic E-state index is 13.0. The van der Waals surface area contributed by atoms with Crippen molar-refractivity contribution in [3.05, 3.63) is 72.4 Å². The summed E-state index contributed by atoms with van der Waals surface area (Å²) in [7, 11) is 0. The molecule has 134 valence electrons. The van der Waals surface area contributed by atoms with Crippen LogP contribution in [0.5, 0.6) is 0 Å². The van der Waals surface area contributed by atoms with Crippen molar-refractivity contribution in [3.63, 3.8) is 0 Å². The monoisotopic (exact) mass is 357 g/mol. The lowest BCUT2D eigenvalue weighted by Gasteiger charge is -2.43. The van der Waals surface area contributed by atoms with Crippen molar-refractivity contribution in [1.82, 2.24) is 14.8 Å². The lowest BCUT2D eigenvalue weighted by molar-refractivity contribution is -0.132. The number of hydrogen-bond acceptors (Lipinski definition) is 2. The number of fused-ring (bicyclic) bond motifs is 2. The molecule has 3 aromatic rings. The molecule has 0 radical (unpaired) electrons. The molecule has 1 aromatic heterocycles. The second-order valence-corrected chi connectivity index (χ2v) is 7.15. The van der Waals surface area contributed by atoms with Crippen LogP contribution in [0, 0.1) is 0 Å². The number of nitrogens with one attached hydrogen (secondary N) is 1. The van der Waals surface area contributed by atoms with Crippen LogP contribution < -0.4 is 0 Å². The van der Waals surface area contributed by atoms with E-state index in [1.807, 2.05) is 35.4 Å². The SMILES string of the molecule is C=CC(=O)N1CC(N2Cc3ccc(-c4c[nH]c5ccccc45)cc3C2=O)C1. The number of rotatable bonds is 3. The molecule has 0 unspecified atom stereocenters. The van der Waals surface area contributed by atoms with Gasteiger partial charge in [-0.2, -0.15) is 0 Å². The highest BCUT2D eigenvalue weighted by Gasteiger charge is 2.40. The molecule has 2 aliphatic heterocycles. The first-order valence-electron chi connectivity index (χ1n) is 9.07. The number of carbonyl (C=O) groups excluding carboxylic acids is 2. The van der Waals surface area contributed by atoms with Crippen LogP contribution in [-0.2, 0) is 11.3 Å². The van der Waals surface area contributed by atoms with Crippen LogP contribution in [0.4, 0.5) is 0 Å². The first-order chi connectivity index (χ1) is 13.2. The maximum Gasteiger partial charge on any atom is 0.254 e. The first kappa shape index (κ1) is 15.9. The molecule has 2 amide bonds. The molecule has 0 bridgehead atoms. The van der Waals surface area contributed by atoms with Crippen LogP contribution in [0.3, 0.4) is 0 Å². The van der Waals surface area contributed by atoms with Gasteiger partial charge in [0.2, 0.25) is 5.91 Å². The van der Waals surface area contributed by atoms with Gasteiger partial charge in [0.05, 0.1) is 6.04 Å². The molecule has 2 aliphatic rings. The molecule has 2 aromatic carbocycles. The molecular weight excluding hydrogens is 338 g/mol. The van der Waals surface area contributed by atoms with Crippen LogP contribution in [0.15, 0.2) is 61.3 Å². The Kier molecular flexibility index (Phi) is 3.44. The summed E-state index contributed by atoms with van der Waals surface area (Å²) < 4.78 is 0. The first-order valence-corrected chi connectivity index (χ1v) is 9.07. The maximum absolute atomic E-state index is 13.0. The number of hydrogen-bond donors (Lipinski definition) is 1. The van der Waals surface area contributed by atoms with Crippen molar-refractivity contribution in [1.29, 1.82) is 0 Å². The fraction of sp³-hybridized carbons (Fsp3) is 0.182. The lowest BCUT2D eigenvalue weighted by Crippen LogP contribution is -2.60. The third kappa shape index (κ3) is 2.39. The summed E-state index contributed by atoms with van der Waals surface area (Å²) in [6.07, 6.45) is 3.32. The molecule has 0 aliphatic carbocycles. The molecule has 27 heavy (non-hydrogen) atoms. The highest BCUT2D eigenvalue weighted by Crippen LogP contribution is 2.34. The summed E-state index contributed by atoms with van der Waals surface area (Å²) in [6, 6.07) is 14.4. The Morgan fingerprint density at radius 1 is 1.15 bits per heavy atom. The van der Waals surface area contributed by atoms with Crippen molar-refractivity contribution in [3.8, 4) is 11.1 Å². The molecule has 3 heterocycles. The van der Waals surface area contributed by atoms with Gasteiger partial charge >= 0.3 is 0 Å². The van der Waals surface area contributed by atoms with Gasteiger partial charge in [0.25, 0.3) is 5.91 Å². The summed E-state index contributed by atoms with van der Waals surface area (Å²) in [5.41, 5.74) is 5.05. The standard InChI is InChI=1S/C22H19N3O2/c1-2-21(26)24-12-16(13-24)25-11-15-8-7-14(9-18(15)22(25)27)19-10-23-20-6-4-3-5-17(19)20/h2-10,16,23H,1,11-13H2. The number of likely N-dealkylation sites (tertiary alicyclic amines) is 1. The molecule has 1 fully saturated rings. The number of para-hydroxylation sites is 1. The minimum atomic E-state index is -0.0722. The molecule has 0 atom stereocenters. The highest BCUT2D eigenvalue weighted by atomic mass is 16.2. The van der Waals surface area contributed by atoms with E-state index in [4.69, 9.17) is 0 Å². The number of aromatic nitrogens is 1. The molecular formula is C22H19N3O2. The third-order valence-corrected chi connectivity index (χ3v) is 5.63. The Morgan fingerprint density at radius 2 is 1.96 bits per heavy atom. The third-order valence-electron chi connectivity index (χ3n) is 5.63. The van der Waals surface area contributed by atoms with E-state index in [1.54, 1.807) is 4.90 Å². The van der Waals surface area contributed by atoms with Crippen molar-refractivity contribution >= 4 is 22.7 Å². The van der Waals surface area contributed by atoms with E-state index in [0.29, 0.717) is 19.6 Å². The van der Waals surface area contributed by atoms with Gasteiger partial charge in [-0.15, -0.1) is 0 Å². The number of H-pyrrole nitrogens is 1. The number of benzene rings is 2. The van der Waals surface area contributed by atoms with Gasteiger partial charge < -0.3 is 14.8 Å². The normalized spacial score (nSPS) is 16.5. The molecule has 5 heteroatoms. The zero-order valence-corrected chi connectivity index (χ0v) is 14.8. The Balaban J connectivity index is 1.42. The Labute approximate surface area is 156 Å². The summed E-state index contributed by atoms with van der Waals surface area (Å²) in [6.45, 7) is 5.30. The zero-order valence-electron chi connectivity index (χ0n) is 14.8. The summed E-state index contributed by atoms with van der Waals surface area (Å²) in [5.74, 6) is -0.0144. The molecule has 5 rings (SSSR count). The second kappa shape index (κ2) is 5.84. The average Bonchev–Trinajstić information content (AvgIpc) is 3.22. The fourth-order valence-electron chi connectivity index (χ4n) is 4.06. The summed E-state index contributed by atoms with van der Waals surface area (Å²) >= 11 is 0.